The van der Waals surface area contributed by atoms with Crippen LogP contribution in [0, 0.1) is 19.3 Å². The average Bonchev–Trinajstić information content (AvgIpc) is 3.54. The van der Waals surface area contributed by atoms with E-state index in [9.17, 15) is 0 Å². The maximum Gasteiger partial charge on any atom is 0.0465 e. The summed E-state index contributed by atoms with van der Waals surface area (Å²) in [5.41, 5.74) is 28.5. The number of aryl methyl sites for hydroxylation is 6. The summed E-state index contributed by atoms with van der Waals surface area (Å²) in [5.74, 6) is 0. The van der Waals surface area contributed by atoms with Crippen LogP contribution in [0.3, 0.4) is 0 Å². The van der Waals surface area contributed by atoms with Crippen molar-refractivity contribution in [1.29, 1.82) is 0 Å². The number of anilines is 4. The molecule has 3 aliphatic carbocycles. The molecule has 2 bridgehead atoms. The molecule has 0 aliphatic heterocycles. The van der Waals surface area contributed by atoms with E-state index in [1.54, 1.807) is 0 Å². The van der Waals surface area contributed by atoms with Crippen LogP contribution in [0.15, 0.2) is 168 Å². The molecule has 2 heteroatoms. The van der Waals surface area contributed by atoms with Crippen molar-refractivity contribution in [3.63, 3.8) is 0 Å². The number of rotatable bonds is 7. The lowest BCUT2D eigenvalue weighted by atomic mass is 9.76. The van der Waals surface area contributed by atoms with Crippen LogP contribution < -0.4 is 21.1 Å². The molecule has 0 saturated heterocycles. The number of nitrogen functional groups attached to an aromatic ring is 1. The van der Waals surface area contributed by atoms with Crippen molar-refractivity contribution >= 4 is 34.9 Å². The Morgan fingerprint density at radius 3 is 1.64 bits per heavy atom. The van der Waals surface area contributed by atoms with Crippen molar-refractivity contribution in [2.45, 2.75) is 114 Å². The van der Waals surface area contributed by atoms with Crippen LogP contribution in [-0.2, 0) is 31.1 Å². The molecule has 0 heterocycles. The molecule has 0 saturated carbocycles. The summed E-state index contributed by atoms with van der Waals surface area (Å²) in [5, 5.41) is 2.49. The van der Waals surface area contributed by atoms with Gasteiger partial charge in [-0.25, -0.2) is 0 Å². The summed E-state index contributed by atoms with van der Waals surface area (Å²) in [6.07, 6.45) is 31.2. The lowest BCUT2D eigenvalue weighted by Crippen LogP contribution is -2.28. The third-order valence-corrected chi connectivity index (χ3v) is 14.5. The molecule has 2 nitrogen and oxygen atoms in total. The standard InChI is InChI=1S/C54H57N.C10H15N/c1-11-40-25-27-47(32-41(40)12-2)55(46-26-24-38(5)39(6)30-46)48-28-29-49-50-33-43-31-45-22-16-14-19-37(4)36(3)18-13-15-21-44(53(45,7)8)23-17-20-42(43)34-51(50)54(9,10)52(49)35-48;1-3-8-5-6-10(11)7-9(8)4-2/h13-35H,11-12H2,1-10H3;5-7H,3-4,11H2,1-2H3. The molecule has 0 atom stereocenters. The minimum Gasteiger partial charge on any atom is -0.399 e. The Morgan fingerprint density at radius 1 is 0.439 bits per heavy atom. The van der Waals surface area contributed by atoms with Crippen molar-refractivity contribution in [1.82, 2.24) is 0 Å². The third kappa shape index (κ3) is 9.75. The van der Waals surface area contributed by atoms with Crippen LogP contribution in [0.1, 0.15) is 114 Å². The summed E-state index contributed by atoms with van der Waals surface area (Å²) in [6.45, 7) is 27.1. The maximum atomic E-state index is 5.66. The van der Waals surface area contributed by atoms with Gasteiger partial charge in [-0.1, -0.05) is 153 Å². The summed E-state index contributed by atoms with van der Waals surface area (Å²) in [6, 6.07) is 32.2. The summed E-state index contributed by atoms with van der Waals surface area (Å²) in [4.78, 5) is 2.46. The van der Waals surface area contributed by atoms with Gasteiger partial charge in [-0.15, -0.1) is 0 Å². The van der Waals surface area contributed by atoms with E-state index in [4.69, 9.17) is 5.73 Å². The molecule has 3 aliphatic rings. The molecule has 8 rings (SSSR count). The highest BCUT2D eigenvalue weighted by molar-refractivity contribution is 5.86. The van der Waals surface area contributed by atoms with E-state index in [1.165, 1.54) is 105 Å². The number of hydrogen-bond acceptors (Lipinski definition) is 2. The topological polar surface area (TPSA) is 29.3 Å². The van der Waals surface area contributed by atoms with Gasteiger partial charge >= 0.3 is 0 Å². The second-order valence-corrected chi connectivity index (χ2v) is 19.4. The number of allylic oxidation sites excluding steroid dienone is 14. The Labute approximate surface area is 397 Å². The van der Waals surface area contributed by atoms with Crippen molar-refractivity contribution in [3.8, 4) is 11.1 Å². The second-order valence-electron chi connectivity index (χ2n) is 19.4. The van der Waals surface area contributed by atoms with E-state index in [1.807, 2.05) is 6.07 Å². The van der Waals surface area contributed by atoms with Gasteiger partial charge in [0.2, 0.25) is 0 Å². The Bertz CT molecular complexity index is 3000. The van der Waals surface area contributed by atoms with Crippen molar-refractivity contribution in [3.05, 3.63) is 223 Å². The molecule has 0 fully saturated rings. The number of nitrogens with two attached hydrogens (primary N) is 1. The van der Waals surface area contributed by atoms with Gasteiger partial charge in [0.05, 0.1) is 0 Å². The fourth-order valence-electron chi connectivity index (χ4n) is 9.75. The van der Waals surface area contributed by atoms with Crippen LogP contribution in [0.2, 0.25) is 0 Å². The highest BCUT2D eigenvalue weighted by Gasteiger charge is 2.36. The molecular formula is C64H72N2. The first-order valence-corrected chi connectivity index (χ1v) is 24.3. The molecule has 5 aromatic rings. The number of fused-ring (bicyclic) bond motifs is 6. The molecule has 0 radical (unpaired) electrons. The second kappa shape index (κ2) is 20.0. The predicted octanol–water partition coefficient (Wildman–Crippen LogP) is 15.6. The van der Waals surface area contributed by atoms with E-state index in [-0.39, 0.29) is 10.8 Å². The molecule has 66 heavy (non-hydrogen) atoms. The van der Waals surface area contributed by atoms with Gasteiger partial charge in [-0.3, -0.25) is 0 Å². The van der Waals surface area contributed by atoms with E-state index >= 15 is 0 Å². The highest BCUT2D eigenvalue weighted by atomic mass is 15.1. The maximum absolute atomic E-state index is 5.66. The van der Waals surface area contributed by atoms with Crippen molar-refractivity contribution in [2.24, 2.45) is 5.41 Å². The normalized spacial score (nSPS) is 15.6. The Morgan fingerprint density at radius 2 is 0.985 bits per heavy atom. The van der Waals surface area contributed by atoms with E-state index in [2.05, 4.69) is 240 Å². The largest absolute Gasteiger partial charge is 0.399 e. The van der Waals surface area contributed by atoms with Crippen molar-refractivity contribution < 1.29 is 0 Å². The van der Waals surface area contributed by atoms with E-state index in [0.29, 0.717) is 0 Å². The first-order chi connectivity index (χ1) is 31.6. The zero-order chi connectivity index (χ0) is 47.3. The summed E-state index contributed by atoms with van der Waals surface area (Å²) < 4.78 is 0. The van der Waals surface area contributed by atoms with Crippen LogP contribution in [0.25, 0.3) is 23.3 Å². The molecule has 0 spiro atoms. The molecule has 338 valence electrons. The summed E-state index contributed by atoms with van der Waals surface area (Å²) in [7, 11) is 0. The van der Waals surface area contributed by atoms with E-state index in [0.717, 1.165) is 31.4 Å². The number of nitrogens with zero attached hydrogens (tertiary/aromatic N) is 1. The van der Waals surface area contributed by atoms with Gasteiger partial charge in [-0.2, -0.15) is 0 Å². The highest BCUT2D eigenvalue weighted by Crippen LogP contribution is 2.50. The molecule has 5 aromatic carbocycles. The van der Waals surface area contributed by atoms with Gasteiger partial charge in [-0.05, 0) is 202 Å². The van der Waals surface area contributed by atoms with Gasteiger partial charge in [0, 0.05) is 33.6 Å². The zero-order valence-electron chi connectivity index (χ0n) is 41.9. The van der Waals surface area contributed by atoms with Crippen LogP contribution in [0.5, 0.6) is 0 Å². The fourth-order valence-corrected chi connectivity index (χ4v) is 9.75. The molecule has 0 aromatic heterocycles. The molecule has 0 unspecified atom stereocenters. The summed E-state index contributed by atoms with van der Waals surface area (Å²) >= 11 is 0. The predicted molar refractivity (Wildman–Crippen MR) is 290 cm³/mol. The van der Waals surface area contributed by atoms with Crippen molar-refractivity contribution in [2.75, 3.05) is 10.6 Å². The molecular weight excluding hydrogens is 797 g/mol. The van der Waals surface area contributed by atoms with Crippen LogP contribution >= 0.6 is 0 Å². The first-order valence-electron chi connectivity index (χ1n) is 24.3. The first kappa shape index (κ1) is 47.6. The zero-order valence-corrected chi connectivity index (χ0v) is 41.9. The number of hydrogen-bond donors (Lipinski definition) is 1. The molecule has 0 amide bonds. The van der Waals surface area contributed by atoms with Crippen LogP contribution in [-0.4, -0.2) is 0 Å². The van der Waals surface area contributed by atoms with E-state index < -0.39 is 0 Å². The monoisotopic (exact) mass is 869 g/mol. The van der Waals surface area contributed by atoms with Gasteiger partial charge < -0.3 is 10.6 Å². The fraction of sp³-hybridized carbons (Fsp3) is 0.281. The lowest BCUT2D eigenvalue weighted by Gasteiger charge is -2.29. The van der Waals surface area contributed by atoms with Gasteiger partial charge in [0.15, 0.2) is 0 Å². The minimum atomic E-state index is -0.220. The average molecular weight is 869 g/mol. The molecule has 2 N–H and O–H groups in total. The lowest BCUT2D eigenvalue weighted by molar-refractivity contribution is 0.573. The Balaban J connectivity index is 0.000000517. The number of benzene rings is 5. The Kier molecular flexibility index (Phi) is 14.4. The van der Waals surface area contributed by atoms with Gasteiger partial charge in [0.1, 0.15) is 0 Å². The van der Waals surface area contributed by atoms with Crippen LogP contribution in [0.4, 0.5) is 22.7 Å². The SMILES string of the molecule is CCc1ccc(N(c2ccc(C)c(C)c2)c2ccc3c(c2)C(C)(C)c2cc4c(cc2-3)=CC2=CC=CC=C(C)C(C)=CC=CC=C(C=CC=4)C2(C)C)cc1CC.CCc1ccc(N)cc1CC. The van der Waals surface area contributed by atoms with Gasteiger partial charge in [0.25, 0.3) is 0 Å². The minimum absolute atomic E-state index is 0.179. The Hall–Kier alpha value is -6.38. The smallest absolute Gasteiger partial charge is 0.0465 e. The quantitative estimate of drug-likeness (QED) is 0.165. The third-order valence-electron chi connectivity index (χ3n) is 14.5.